The first-order chi connectivity index (χ1) is 9.69. The van der Waals surface area contributed by atoms with Crippen LogP contribution in [0.4, 0.5) is 8.78 Å². The molecule has 0 atom stereocenters. The van der Waals surface area contributed by atoms with Crippen molar-refractivity contribution in [2.45, 2.75) is 26.6 Å². The van der Waals surface area contributed by atoms with Gasteiger partial charge in [0.05, 0.1) is 18.4 Å². The van der Waals surface area contributed by atoms with Crippen molar-refractivity contribution >= 4 is 0 Å². The molecule has 1 aromatic carbocycles. The van der Waals surface area contributed by atoms with E-state index in [4.69, 9.17) is 0 Å². The van der Waals surface area contributed by atoms with E-state index >= 15 is 0 Å². The average Bonchev–Trinajstić information content (AvgIpc) is 2.86. The standard InChI is InChI=1S/C13H16F2N4O/c1-2-16-7-11-9-19(18-17-11)8-10-5-3-4-6-12(10)20-13(14)15/h3-6,9,13,16H,2,7-8H2,1H3. The third-order valence-corrected chi connectivity index (χ3v) is 2.66. The first kappa shape index (κ1) is 14.4. The highest BCUT2D eigenvalue weighted by molar-refractivity contribution is 5.33. The minimum atomic E-state index is -2.84. The Morgan fingerprint density at radius 3 is 2.90 bits per heavy atom. The zero-order valence-electron chi connectivity index (χ0n) is 11.1. The smallest absolute Gasteiger partial charge is 0.387 e. The quantitative estimate of drug-likeness (QED) is 0.844. The predicted octanol–water partition coefficient (Wildman–Crippen LogP) is 2.04. The number of nitrogens with one attached hydrogen (secondary N) is 1. The van der Waals surface area contributed by atoms with E-state index in [1.165, 1.54) is 6.07 Å². The highest BCUT2D eigenvalue weighted by Crippen LogP contribution is 2.20. The van der Waals surface area contributed by atoms with Crippen molar-refractivity contribution in [1.82, 2.24) is 20.3 Å². The maximum absolute atomic E-state index is 12.3. The lowest BCUT2D eigenvalue weighted by atomic mass is 10.2. The fraction of sp³-hybridized carbons (Fsp3) is 0.385. The molecular weight excluding hydrogens is 266 g/mol. The Morgan fingerprint density at radius 1 is 1.35 bits per heavy atom. The molecule has 0 bridgehead atoms. The Kier molecular flexibility index (Phi) is 5.00. The van der Waals surface area contributed by atoms with Crippen LogP contribution in [0.3, 0.4) is 0 Å². The molecule has 0 aliphatic carbocycles. The SMILES string of the molecule is CCNCc1cn(Cc2ccccc2OC(F)F)nn1. The van der Waals surface area contributed by atoms with Gasteiger partial charge in [-0.25, -0.2) is 4.68 Å². The van der Waals surface area contributed by atoms with Crippen molar-refractivity contribution in [3.05, 3.63) is 41.7 Å². The number of aromatic nitrogens is 3. The van der Waals surface area contributed by atoms with Crippen LogP contribution in [0.2, 0.25) is 0 Å². The van der Waals surface area contributed by atoms with E-state index in [1.54, 1.807) is 29.1 Å². The molecule has 1 N–H and O–H groups in total. The molecule has 0 saturated heterocycles. The molecule has 2 aromatic rings. The lowest BCUT2D eigenvalue weighted by Gasteiger charge is -2.09. The van der Waals surface area contributed by atoms with E-state index in [2.05, 4.69) is 20.4 Å². The van der Waals surface area contributed by atoms with Gasteiger partial charge in [0, 0.05) is 12.1 Å². The van der Waals surface area contributed by atoms with Crippen LogP contribution in [0.15, 0.2) is 30.5 Å². The van der Waals surface area contributed by atoms with Gasteiger partial charge in [-0.2, -0.15) is 8.78 Å². The van der Waals surface area contributed by atoms with Gasteiger partial charge >= 0.3 is 6.61 Å². The summed E-state index contributed by atoms with van der Waals surface area (Å²) in [5.74, 6) is 0.159. The Bertz CT molecular complexity index is 545. The summed E-state index contributed by atoms with van der Waals surface area (Å²) < 4.78 is 30.7. The van der Waals surface area contributed by atoms with Gasteiger partial charge in [-0.05, 0) is 12.6 Å². The zero-order valence-corrected chi connectivity index (χ0v) is 11.1. The van der Waals surface area contributed by atoms with Gasteiger partial charge in [0.2, 0.25) is 0 Å². The maximum atomic E-state index is 12.3. The molecule has 0 spiro atoms. The minimum absolute atomic E-state index is 0.159. The Balaban J connectivity index is 2.07. The lowest BCUT2D eigenvalue weighted by Crippen LogP contribution is -2.11. The second-order valence-corrected chi connectivity index (χ2v) is 4.17. The summed E-state index contributed by atoms with van der Waals surface area (Å²) in [6, 6.07) is 6.66. The molecule has 0 unspecified atom stereocenters. The second kappa shape index (κ2) is 6.95. The van der Waals surface area contributed by atoms with Crippen molar-refractivity contribution in [2.24, 2.45) is 0 Å². The number of ether oxygens (including phenoxy) is 1. The van der Waals surface area contributed by atoms with E-state index in [1.807, 2.05) is 6.92 Å². The van der Waals surface area contributed by atoms with Crippen LogP contribution >= 0.6 is 0 Å². The summed E-state index contributed by atoms with van der Waals surface area (Å²) in [5, 5.41) is 11.1. The van der Waals surface area contributed by atoms with Gasteiger partial charge in [0.25, 0.3) is 0 Å². The van der Waals surface area contributed by atoms with E-state index in [9.17, 15) is 8.78 Å². The number of nitrogens with zero attached hydrogens (tertiary/aromatic N) is 3. The summed E-state index contributed by atoms with van der Waals surface area (Å²) in [6.45, 7) is 0.977. The van der Waals surface area contributed by atoms with Crippen LogP contribution in [-0.2, 0) is 13.1 Å². The fourth-order valence-electron chi connectivity index (χ4n) is 1.77. The van der Waals surface area contributed by atoms with Crippen LogP contribution in [0.25, 0.3) is 0 Å². The molecule has 7 heteroatoms. The number of rotatable bonds is 7. The van der Waals surface area contributed by atoms with Crippen LogP contribution in [0.1, 0.15) is 18.2 Å². The van der Waals surface area contributed by atoms with E-state index in [0.717, 1.165) is 12.2 Å². The van der Waals surface area contributed by atoms with Crippen molar-refractivity contribution in [2.75, 3.05) is 6.54 Å². The molecule has 0 aliphatic heterocycles. The first-order valence-corrected chi connectivity index (χ1v) is 6.31. The normalized spacial score (nSPS) is 11.0. The van der Waals surface area contributed by atoms with Gasteiger partial charge in [0.15, 0.2) is 0 Å². The van der Waals surface area contributed by atoms with Crippen molar-refractivity contribution in [3.63, 3.8) is 0 Å². The van der Waals surface area contributed by atoms with Gasteiger partial charge in [-0.15, -0.1) is 5.10 Å². The topological polar surface area (TPSA) is 52.0 Å². The minimum Gasteiger partial charge on any atom is -0.434 e. The molecule has 0 amide bonds. The summed E-state index contributed by atoms with van der Waals surface area (Å²) >= 11 is 0. The molecule has 0 fully saturated rings. The van der Waals surface area contributed by atoms with Crippen molar-refractivity contribution in [1.29, 1.82) is 0 Å². The summed E-state index contributed by atoms with van der Waals surface area (Å²) in [5.41, 5.74) is 1.44. The molecule has 1 aromatic heterocycles. The first-order valence-electron chi connectivity index (χ1n) is 6.31. The predicted molar refractivity (Wildman–Crippen MR) is 69.6 cm³/mol. The largest absolute Gasteiger partial charge is 0.434 e. The van der Waals surface area contributed by atoms with Gasteiger partial charge in [-0.3, -0.25) is 0 Å². The molecule has 108 valence electrons. The van der Waals surface area contributed by atoms with Gasteiger partial charge in [0.1, 0.15) is 5.75 Å². The van der Waals surface area contributed by atoms with Gasteiger partial charge in [-0.1, -0.05) is 30.3 Å². The summed E-state index contributed by atoms with van der Waals surface area (Å²) in [7, 11) is 0. The van der Waals surface area contributed by atoms with E-state index in [-0.39, 0.29) is 5.75 Å². The van der Waals surface area contributed by atoms with Crippen molar-refractivity contribution < 1.29 is 13.5 Å². The summed E-state index contributed by atoms with van der Waals surface area (Å²) in [6.07, 6.45) is 1.78. The maximum Gasteiger partial charge on any atom is 0.387 e. The monoisotopic (exact) mass is 282 g/mol. The number of para-hydroxylation sites is 1. The number of hydrogen-bond donors (Lipinski definition) is 1. The van der Waals surface area contributed by atoms with Crippen LogP contribution in [0.5, 0.6) is 5.75 Å². The third-order valence-electron chi connectivity index (χ3n) is 2.66. The highest BCUT2D eigenvalue weighted by Gasteiger charge is 2.10. The zero-order chi connectivity index (χ0) is 14.4. The number of halogens is 2. The Morgan fingerprint density at radius 2 is 2.15 bits per heavy atom. The molecule has 5 nitrogen and oxygen atoms in total. The Hall–Kier alpha value is -2.02. The number of hydrogen-bond acceptors (Lipinski definition) is 4. The lowest BCUT2D eigenvalue weighted by molar-refractivity contribution is -0.0505. The Labute approximate surface area is 115 Å². The van der Waals surface area contributed by atoms with Crippen LogP contribution < -0.4 is 10.1 Å². The molecule has 0 radical (unpaired) electrons. The number of benzene rings is 1. The molecule has 1 heterocycles. The van der Waals surface area contributed by atoms with Gasteiger partial charge < -0.3 is 10.1 Å². The molecule has 2 rings (SSSR count). The van der Waals surface area contributed by atoms with E-state index in [0.29, 0.717) is 18.7 Å². The summed E-state index contributed by atoms with van der Waals surface area (Å²) in [4.78, 5) is 0. The molecular formula is C13H16F2N4O. The molecule has 20 heavy (non-hydrogen) atoms. The average molecular weight is 282 g/mol. The highest BCUT2D eigenvalue weighted by atomic mass is 19.3. The van der Waals surface area contributed by atoms with Crippen molar-refractivity contribution in [3.8, 4) is 5.75 Å². The van der Waals surface area contributed by atoms with E-state index < -0.39 is 6.61 Å². The molecule has 0 saturated carbocycles. The fourth-order valence-corrected chi connectivity index (χ4v) is 1.77. The van der Waals surface area contributed by atoms with Crippen LogP contribution in [-0.4, -0.2) is 28.2 Å². The molecule has 0 aliphatic rings. The third kappa shape index (κ3) is 3.99. The number of alkyl halides is 2. The van der Waals surface area contributed by atoms with Crippen LogP contribution in [0, 0.1) is 0 Å². The second-order valence-electron chi connectivity index (χ2n) is 4.17.